The monoisotopic (exact) mass is 577 g/mol. The van der Waals surface area contributed by atoms with Gasteiger partial charge in [0.2, 0.25) is 5.91 Å². The van der Waals surface area contributed by atoms with Crippen molar-refractivity contribution >= 4 is 35.5 Å². The van der Waals surface area contributed by atoms with Crippen LogP contribution in [-0.2, 0) is 19.1 Å². The topological polar surface area (TPSA) is 71.5 Å². The molecule has 6 nitrogen and oxygen atoms in total. The molecule has 4 aromatic rings. The fourth-order valence-corrected chi connectivity index (χ4v) is 6.12. The second-order valence-corrected chi connectivity index (χ2v) is 11.0. The maximum Gasteiger partial charge on any atom is 0.329 e. The summed E-state index contributed by atoms with van der Waals surface area (Å²) < 4.78 is 4.46. The average molecular weight is 578 g/mol. The van der Waals surface area contributed by atoms with E-state index in [9.17, 15) is 9.59 Å². The van der Waals surface area contributed by atoms with Crippen molar-refractivity contribution in [2.45, 2.75) is 10.8 Å². The Balaban J connectivity index is 1.55. The maximum absolute atomic E-state index is 12.9. The molecular formula is C35H35N3O3S. The molecule has 0 bridgehead atoms. The van der Waals surface area contributed by atoms with E-state index in [0.717, 1.165) is 28.1 Å². The molecule has 0 spiro atoms. The quantitative estimate of drug-likeness (QED) is 0.0950. The third-order valence-electron chi connectivity index (χ3n) is 6.69. The van der Waals surface area contributed by atoms with Crippen molar-refractivity contribution in [1.82, 2.24) is 10.3 Å². The predicted molar refractivity (Wildman–Crippen MR) is 172 cm³/mol. The van der Waals surface area contributed by atoms with Gasteiger partial charge in [-0.15, -0.1) is 11.8 Å². The number of esters is 1. The largest absolute Gasteiger partial charge is 0.467 e. The lowest BCUT2D eigenvalue weighted by molar-refractivity contribution is -0.143. The Morgan fingerprint density at radius 2 is 1.40 bits per heavy atom. The Hall–Kier alpha value is -4.62. The molecule has 0 aliphatic heterocycles. The van der Waals surface area contributed by atoms with Gasteiger partial charge < -0.3 is 15.0 Å². The SMILES string of the molecule is COC(=O)[C@@H](CSC(c1ccccc1)(c1ccccc1)c1ccccc1)NC(=O)/C=C/C=C/c1ccc(N(C)C)nc1. The number of rotatable bonds is 12. The molecule has 0 unspecified atom stereocenters. The lowest BCUT2D eigenvalue weighted by atomic mass is 9.84. The number of carbonyl (C=O) groups is 2. The Morgan fingerprint density at radius 3 is 1.86 bits per heavy atom. The van der Waals surface area contributed by atoms with Gasteiger partial charge in [0.25, 0.3) is 0 Å². The number of nitrogens with zero attached hydrogens (tertiary/aromatic N) is 2. The highest BCUT2D eigenvalue weighted by atomic mass is 32.2. The molecule has 0 aliphatic carbocycles. The Bertz CT molecular complexity index is 1390. The van der Waals surface area contributed by atoms with Gasteiger partial charge in [-0.1, -0.05) is 109 Å². The number of methoxy groups -OCH3 is 1. The molecule has 3 aromatic carbocycles. The molecule has 1 heterocycles. The molecular weight excluding hydrogens is 542 g/mol. The number of thioether (sulfide) groups is 1. The van der Waals surface area contributed by atoms with Crippen molar-refractivity contribution in [2.75, 3.05) is 31.9 Å². The number of carbonyl (C=O) groups excluding carboxylic acids is 2. The van der Waals surface area contributed by atoms with Gasteiger partial charge in [-0.25, -0.2) is 9.78 Å². The van der Waals surface area contributed by atoms with Crippen LogP contribution in [0.15, 0.2) is 128 Å². The van der Waals surface area contributed by atoms with Crippen LogP contribution in [0.4, 0.5) is 5.82 Å². The van der Waals surface area contributed by atoms with Crippen molar-refractivity contribution in [1.29, 1.82) is 0 Å². The highest BCUT2D eigenvalue weighted by Crippen LogP contribution is 2.48. The van der Waals surface area contributed by atoms with E-state index in [-0.39, 0.29) is 11.7 Å². The summed E-state index contributed by atoms with van der Waals surface area (Å²) in [5.74, 6) is 0.256. The minimum atomic E-state index is -0.862. The van der Waals surface area contributed by atoms with Gasteiger partial charge in [-0.3, -0.25) is 4.79 Å². The minimum Gasteiger partial charge on any atom is -0.467 e. The number of aromatic nitrogens is 1. The zero-order chi connectivity index (χ0) is 29.8. The van der Waals surface area contributed by atoms with Gasteiger partial charge in [0.1, 0.15) is 11.9 Å². The number of hydrogen-bond donors (Lipinski definition) is 1. The van der Waals surface area contributed by atoms with Crippen LogP contribution in [0.2, 0.25) is 0 Å². The first-order valence-electron chi connectivity index (χ1n) is 13.6. The zero-order valence-electron chi connectivity index (χ0n) is 24.0. The summed E-state index contributed by atoms with van der Waals surface area (Å²) in [6, 6.07) is 33.6. The summed E-state index contributed by atoms with van der Waals surface area (Å²) in [5.41, 5.74) is 4.12. The van der Waals surface area contributed by atoms with Crippen molar-refractivity contribution in [3.05, 3.63) is 150 Å². The van der Waals surface area contributed by atoms with Crippen LogP contribution in [0, 0.1) is 0 Å². The third kappa shape index (κ3) is 7.56. The van der Waals surface area contributed by atoms with Crippen molar-refractivity contribution in [2.24, 2.45) is 0 Å². The van der Waals surface area contributed by atoms with E-state index >= 15 is 0 Å². The van der Waals surface area contributed by atoms with Gasteiger partial charge in [-0.2, -0.15) is 0 Å². The van der Waals surface area contributed by atoms with E-state index in [1.807, 2.05) is 91.8 Å². The van der Waals surface area contributed by atoms with Crippen molar-refractivity contribution < 1.29 is 14.3 Å². The number of hydrogen-bond acceptors (Lipinski definition) is 6. The summed E-state index contributed by atoms with van der Waals surface area (Å²) >= 11 is 1.59. The summed E-state index contributed by atoms with van der Waals surface area (Å²) in [7, 11) is 5.20. The molecule has 1 aromatic heterocycles. The molecule has 0 saturated carbocycles. The maximum atomic E-state index is 12.9. The molecule has 4 rings (SSSR count). The van der Waals surface area contributed by atoms with E-state index < -0.39 is 16.8 Å². The predicted octanol–water partition coefficient (Wildman–Crippen LogP) is 6.10. The second-order valence-electron chi connectivity index (χ2n) is 9.74. The number of allylic oxidation sites excluding steroid dienone is 2. The Labute approximate surface area is 252 Å². The zero-order valence-corrected chi connectivity index (χ0v) is 24.8. The van der Waals surface area contributed by atoms with Crippen LogP contribution >= 0.6 is 11.8 Å². The van der Waals surface area contributed by atoms with Gasteiger partial charge in [-0.05, 0) is 34.4 Å². The lowest BCUT2D eigenvalue weighted by Gasteiger charge is -2.36. The molecule has 0 radical (unpaired) electrons. The number of anilines is 1. The van der Waals surface area contributed by atoms with Crippen molar-refractivity contribution in [3.8, 4) is 0 Å². The molecule has 1 amide bonds. The van der Waals surface area contributed by atoms with Crippen LogP contribution in [0.3, 0.4) is 0 Å². The first kappa shape index (κ1) is 30.3. The molecule has 42 heavy (non-hydrogen) atoms. The van der Waals surface area contributed by atoms with Crippen LogP contribution in [-0.4, -0.2) is 49.9 Å². The molecule has 0 fully saturated rings. The lowest BCUT2D eigenvalue weighted by Crippen LogP contribution is -2.43. The molecule has 0 saturated heterocycles. The van der Waals surface area contributed by atoms with Crippen LogP contribution in [0.1, 0.15) is 22.3 Å². The fraction of sp³-hybridized carbons (Fsp3) is 0.171. The normalized spacial score (nSPS) is 12.3. The number of benzene rings is 3. The number of nitrogens with one attached hydrogen (secondary N) is 1. The van der Waals surface area contributed by atoms with Gasteiger partial charge in [0.05, 0.1) is 11.9 Å². The molecule has 7 heteroatoms. The first-order valence-corrected chi connectivity index (χ1v) is 14.6. The van der Waals surface area contributed by atoms with Crippen LogP contribution in [0.5, 0.6) is 0 Å². The van der Waals surface area contributed by atoms with E-state index in [0.29, 0.717) is 0 Å². The van der Waals surface area contributed by atoms with E-state index in [1.54, 1.807) is 30.1 Å². The summed E-state index contributed by atoms with van der Waals surface area (Å²) in [6.45, 7) is 0. The van der Waals surface area contributed by atoms with Gasteiger partial charge >= 0.3 is 5.97 Å². The Morgan fingerprint density at radius 1 is 0.857 bits per heavy atom. The third-order valence-corrected chi connectivity index (χ3v) is 8.33. The molecule has 214 valence electrons. The van der Waals surface area contributed by atoms with Crippen molar-refractivity contribution in [3.63, 3.8) is 0 Å². The van der Waals surface area contributed by atoms with E-state index in [4.69, 9.17) is 4.74 Å². The summed E-state index contributed by atoms with van der Waals surface area (Å²) in [6.07, 6.45) is 8.43. The Kier molecular flexibility index (Phi) is 10.7. The average Bonchev–Trinajstić information content (AvgIpc) is 3.04. The number of pyridine rings is 1. The number of amides is 1. The second kappa shape index (κ2) is 14.8. The first-order chi connectivity index (χ1) is 20.4. The van der Waals surface area contributed by atoms with Gasteiger partial charge in [0.15, 0.2) is 0 Å². The highest BCUT2D eigenvalue weighted by Gasteiger charge is 2.38. The van der Waals surface area contributed by atoms with Crippen LogP contribution in [0.25, 0.3) is 6.08 Å². The number of ether oxygens (including phenoxy) is 1. The fourth-order valence-electron chi connectivity index (χ4n) is 4.58. The smallest absolute Gasteiger partial charge is 0.329 e. The molecule has 0 aliphatic rings. The van der Waals surface area contributed by atoms with Gasteiger partial charge in [0, 0.05) is 32.1 Å². The highest BCUT2D eigenvalue weighted by molar-refractivity contribution is 8.00. The summed E-state index contributed by atoms with van der Waals surface area (Å²) in [4.78, 5) is 32.0. The molecule has 1 atom stereocenters. The standard InChI is InChI=1S/C35H35N3O3S/c1-38(2)32-24-23-27(25-36-32)15-13-14-22-33(39)37-31(34(40)41-3)26-42-35(28-16-7-4-8-17-28,29-18-9-5-10-19-29)30-20-11-6-12-21-30/h4-25,31H,26H2,1-3H3,(H,37,39)/b15-13+,22-14+/t31-/m1/s1. The van der Waals surface area contributed by atoms with E-state index in [1.165, 1.54) is 13.2 Å². The van der Waals surface area contributed by atoms with Crippen LogP contribution < -0.4 is 10.2 Å². The van der Waals surface area contributed by atoms with E-state index in [2.05, 4.69) is 46.7 Å². The molecule has 1 N–H and O–H groups in total. The summed E-state index contributed by atoms with van der Waals surface area (Å²) in [5, 5.41) is 2.84. The minimum absolute atomic E-state index is 0.282.